The smallest absolute Gasteiger partial charge is 0.261 e. The highest BCUT2D eigenvalue weighted by Crippen LogP contribution is 2.20. The zero-order valence-electron chi connectivity index (χ0n) is 17.0. The van der Waals surface area contributed by atoms with Crippen molar-refractivity contribution >= 4 is 38.6 Å². The van der Waals surface area contributed by atoms with Gasteiger partial charge in [0.15, 0.2) is 5.16 Å². The molecule has 31 heavy (non-hydrogen) atoms. The summed E-state index contributed by atoms with van der Waals surface area (Å²) in [7, 11) is -1.91. The van der Waals surface area contributed by atoms with Gasteiger partial charge in [0.05, 0.1) is 21.6 Å². The maximum absolute atomic E-state index is 12.7. The molecule has 2 aromatic carbocycles. The van der Waals surface area contributed by atoms with E-state index in [9.17, 15) is 18.0 Å². The van der Waals surface area contributed by atoms with E-state index >= 15 is 0 Å². The SMILES string of the molecule is Cn1c(SCC(=O)N2CCN(S(=O)(=O)c3ccccc3)CC2)nc2ccccc2c1=O. The average Bonchev–Trinajstić information content (AvgIpc) is 2.81. The molecule has 162 valence electrons. The number of para-hydroxylation sites is 1. The van der Waals surface area contributed by atoms with Gasteiger partial charge >= 0.3 is 0 Å². The van der Waals surface area contributed by atoms with Crippen LogP contribution in [0.25, 0.3) is 10.9 Å². The van der Waals surface area contributed by atoms with Crippen LogP contribution in [0.3, 0.4) is 0 Å². The average molecular weight is 459 g/mol. The fourth-order valence-corrected chi connectivity index (χ4v) is 5.78. The normalized spacial score (nSPS) is 15.3. The summed E-state index contributed by atoms with van der Waals surface area (Å²) in [4.78, 5) is 31.6. The Bertz CT molecular complexity index is 1270. The first-order valence-corrected chi connectivity index (χ1v) is 12.2. The molecular formula is C21H22N4O4S2. The summed E-state index contributed by atoms with van der Waals surface area (Å²) >= 11 is 1.21. The number of amides is 1. The highest BCUT2D eigenvalue weighted by molar-refractivity contribution is 7.99. The fraction of sp³-hybridized carbons (Fsp3) is 0.286. The Morgan fingerprint density at radius 2 is 1.65 bits per heavy atom. The van der Waals surface area contributed by atoms with Crippen LogP contribution in [-0.2, 0) is 21.9 Å². The Hall–Kier alpha value is -2.69. The van der Waals surface area contributed by atoms with Crippen LogP contribution in [-0.4, -0.2) is 65.0 Å². The first-order valence-electron chi connectivity index (χ1n) is 9.79. The molecule has 10 heteroatoms. The van der Waals surface area contributed by atoms with Gasteiger partial charge in [-0.3, -0.25) is 14.2 Å². The molecule has 0 atom stereocenters. The molecule has 1 aliphatic heterocycles. The first-order chi connectivity index (χ1) is 14.9. The molecular weight excluding hydrogens is 436 g/mol. The lowest BCUT2D eigenvalue weighted by Crippen LogP contribution is -2.51. The van der Waals surface area contributed by atoms with E-state index in [1.54, 1.807) is 60.5 Å². The number of hydrogen-bond acceptors (Lipinski definition) is 6. The molecule has 0 radical (unpaired) electrons. The molecule has 2 heterocycles. The van der Waals surface area contributed by atoms with Gasteiger partial charge in [-0.05, 0) is 24.3 Å². The predicted octanol–water partition coefficient (Wildman–Crippen LogP) is 1.56. The molecule has 1 aromatic heterocycles. The number of aromatic nitrogens is 2. The van der Waals surface area contributed by atoms with Gasteiger partial charge < -0.3 is 4.90 Å². The topological polar surface area (TPSA) is 92.6 Å². The van der Waals surface area contributed by atoms with E-state index in [2.05, 4.69) is 4.98 Å². The number of benzene rings is 2. The minimum atomic E-state index is -3.56. The molecule has 0 saturated carbocycles. The highest BCUT2D eigenvalue weighted by atomic mass is 32.2. The third-order valence-corrected chi connectivity index (χ3v) is 8.17. The van der Waals surface area contributed by atoms with Crippen molar-refractivity contribution in [2.75, 3.05) is 31.9 Å². The number of sulfonamides is 1. The molecule has 1 amide bonds. The predicted molar refractivity (Wildman–Crippen MR) is 119 cm³/mol. The van der Waals surface area contributed by atoms with Crippen LogP contribution in [0.1, 0.15) is 0 Å². The van der Waals surface area contributed by atoms with Crippen LogP contribution in [0, 0.1) is 0 Å². The molecule has 1 fully saturated rings. The molecule has 0 spiro atoms. The van der Waals surface area contributed by atoms with Gasteiger partial charge in [-0.1, -0.05) is 42.1 Å². The molecule has 0 aliphatic carbocycles. The van der Waals surface area contributed by atoms with Crippen LogP contribution in [0.2, 0.25) is 0 Å². The minimum absolute atomic E-state index is 0.107. The van der Waals surface area contributed by atoms with E-state index in [0.717, 1.165) is 0 Å². The van der Waals surface area contributed by atoms with Crippen molar-refractivity contribution in [1.82, 2.24) is 18.8 Å². The Labute approximate surface area is 184 Å². The van der Waals surface area contributed by atoms with Crippen molar-refractivity contribution in [1.29, 1.82) is 0 Å². The van der Waals surface area contributed by atoms with Crippen LogP contribution < -0.4 is 5.56 Å². The van der Waals surface area contributed by atoms with Crippen LogP contribution in [0.5, 0.6) is 0 Å². The number of hydrogen-bond donors (Lipinski definition) is 0. The van der Waals surface area contributed by atoms with Gasteiger partial charge in [-0.2, -0.15) is 4.31 Å². The molecule has 4 rings (SSSR count). The second kappa shape index (κ2) is 8.81. The lowest BCUT2D eigenvalue weighted by atomic mass is 10.2. The van der Waals surface area contributed by atoms with E-state index < -0.39 is 10.0 Å². The second-order valence-corrected chi connectivity index (χ2v) is 10.0. The fourth-order valence-electron chi connectivity index (χ4n) is 3.46. The number of thioether (sulfide) groups is 1. The van der Waals surface area contributed by atoms with Crippen molar-refractivity contribution in [2.24, 2.45) is 7.05 Å². The number of fused-ring (bicyclic) bond motifs is 1. The zero-order valence-corrected chi connectivity index (χ0v) is 18.6. The van der Waals surface area contributed by atoms with Crippen LogP contribution in [0.15, 0.2) is 69.4 Å². The van der Waals surface area contributed by atoms with Gasteiger partial charge in [-0.15, -0.1) is 0 Å². The number of rotatable bonds is 5. The molecule has 0 N–H and O–H groups in total. The molecule has 0 unspecified atom stereocenters. The van der Waals surface area contributed by atoms with E-state index in [0.29, 0.717) is 29.1 Å². The van der Waals surface area contributed by atoms with E-state index in [1.165, 1.54) is 20.6 Å². The summed E-state index contributed by atoms with van der Waals surface area (Å²) in [5, 5.41) is 1.01. The Morgan fingerprint density at radius 1 is 1.00 bits per heavy atom. The standard InChI is InChI=1S/C21H22N4O4S2/c1-23-20(27)17-9-5-6-10-18(17)22-21(23)30-15-19(26)24-11-13-25(14-12-24)31(28,29)16-7-3-2-4-8-16/h2-10H,11-15H2,1H3. The van der Waals surface area contributed by atoms with Crippen molar-refractivity contribution in [3.8, 4) is 0 Å². The highest BCUT2D eigenvalue weighted by Gasteiger charge is 2.30. The quantitative estimate of drug-likeness (QED) is 0.426. The summed E-state index contributed by atoms with van der Waals surface area (Å²) in [6, 6.07) is 15.4. The number of carbonyl (C=O) groups is 1. The van der Waals surface area contributed by atoms with Gasteiger partial charge in [-0.25, -0.2) is 13.4 Å². The van der Waals surface area contributed by atoms with E-state index in [-0.39, 0.29) is 35.2 Å². The largest absolute Gasteiger partial charge is 0.339 e. The summed E-state index contributed by atoms with van der Waals surface area (Å²) in [6.45, 7) is 1.16. The summed E-state index contributed by atoms with van der Waals surface area (Å²) in [5.41, 5.74) is 0.445. The minimum Gasteiger partial charge on any atom is -0.339 e. The lowest BCUT2D eigenvalue weighted by molar-refractivity contribution is -0.129. The van der Waals surface area contributed by atoms with Crippen molar-refractivity contribution in [2.45, 2.75) is 10.1 Å². The van der Waals surface area contributed by atoms with Gasteiger partial charge in [0.1, 0.15) is 0 Å². The summed E-state index contributed by atoms with van der Waals surface area (Å²) in [6.07, 6.45) is 0. The van der Waals surface area contributed by atoms with Crippen LogP contribution in [0.4, 0.5) is 0 Å². The molecule has 1 saturated heterocycles. The molecule has 1 aliphatic rings. The van der Waals surface area contributed by atoms with Crippen molar-refractivity contribution < 1.29 is 13.2 Å². The molecule has 3 aromatic rings. The molecule has 0 bridgehead atoms. The Kier molecular flexibility index (Phi) is 6.12. The first kappa shape index (κ1) is 21.5. The van der Waals surface area contributed by atoms with Gasteiger partial charge in [0.25, 0.3) is 5.56 Å². The third kappa shape index (κ3) is 4.36. The maximum Gasteiger partial charge on any atom is 0.261 e. The van der Waals surface area contributed by atoms with Gasteiger partial charge in [0.2, 0.25) is 15.9 Å². The van der Waals surface area contributed by atoms with Crippen molar-refractivity contribution in [3.05, 3.63) is 65.0 Å². The van der Waals surface area contributed by atoms with Crippen molar-refractivity contribution in [3.63, 3.8) is 0 Å². The summed E-state index contributed by atoms with van der Waals surface area (Å²) < 4.78 is 28.3. The Morgan fingerprint density at radius 3 is 2.35 bits per heavy atom. The van der Waals surface area contributed by atoms with Crippen LogP contribution >= 0.6 is 11.8 Å². The monoisotopic (exact) mass is 458 g/mol. The molecule has 8 nitrogen and oxygen atoms in total. The second-order valence-electron chi connectivity index (χ2n) is 7.16. The number of nitrogens with zero attached hydrogens (tertiary/aromatic N) is 4. The number of carbonyl (C=O) groups excluding carboxylic acids is 1. The zero-order chi connectivity index (χ0) is 22.0. The lowest BCUT2D eigenvalue weighted by Gasteiger charge is -2.34. The third-order valence-electron chi connectivity index (χ3n) is 5.24. The maximum atomic E-state index is 12.7. The van der Waals surface area contributed by atoms with E-state index in [1.807, 2.05) is 6.07 Å². The number of piperazine rings is 1. The van der Waals surface area contributed by atoms with Gasteiger partial charge in [0, 0.05) is 33.2 Å². The Balaban J connectivity index is 1.39. The summed E-state index contributed by atoms with van der Waals surface area (Å²) in [5.74, 6) is 0.0218. The van der Waals surface area contributed by atoms with E-state index in [4.69, 9.17) is 0 Å².